The maximum Gasteiger partial charge on any atom is 0.201 e. The second kappa shape index (κ2) is 14.5. The van der Waals surface area contributed by atoms with E-state index in [0.717, 1.165) is 5.56 Å². The second-order valence-corrected chi connectivity index (χ2v) is 24.2. The van der Waals surface area contributed by atoms with E-state index in [1.807, 2.05) is 30.3 Å². The molecule has 2 N–H and O–H groups in total. The molecule has 1 aromatic rings. The topological polar surface area (TPSA) is 77.4 Å². The Balaban J connectivity index is 2.45. The van der Waals surface area contributed by atoms with Gasteiger partial charge in [0.15, 0.2) is 14.6 Å². The van der Waals surface area contributed by atoms with Crippen molar-refractivity contribution >= 4 is 16.6 Å². The van der Waals surface area contributed by atoms with Gasteiger partial charge in [-0.3, -0.25) is 0 Å². The van der Waals surface area contributed by atoms with Gasteiger partial charge in [-0.1, -0.05) is 113 Å². The lowest BCUT2D eigenvalue weighted by molar-refractivity contribution is -0.295. The molecule has 39 heavy (non-hydrogen) atoms. The van der Waals surface area contributed by atoms with E-state index in [2.05, 4.69) is 83.1 Å². The number of hydrogen-bond donors (Lipinski definition) is 2. The van der Waals surface area contributed by atoms with E-state index in [4.69, 9.17) is 18.3 Å². The Labute approximate surface area is 241 Å². The van der Waals surface area contributed by atoms with Gasteiger partial charge in [-0.2, -0.15) is 0 Å². The van der Waals surface area contributed by atoms with Gasteiger partial charge in [0, 0.05) is 0 Å². The molecule has 1 fully saturated rings. The molecule has 1 aliphatic heterocycles. The van der Waals surface area contributed by atoms with Crippen molar-refractivity contribution in [3.63, 3.8) is 0 Å². The van der Waals surface area contributed by atoms with Gasteiger partial charge in [-0.15, -0.1) is 0 Å². The van der Waals surface area contributed by atoms with Gasteiger partial charge in [-0.25, -0.2) is 0 Å². The third-order valence-corrected chi connectivity index (χ3v) is 21.3. The highest BCUT2D eigenvalue weighted by Gasteiger charge is 2.54. The second-order valence-electron chi connectivity index (χ2n) is 13.3. The van der Waals surface area contributed by atoms with Crippen molar-refractivity contribution in [2.75, 3.05) is 6.61 Å². The van der Waals surface area contributed by atoms with Crippen LogP contribution in [-0.2, 0) is 24.9 Å². The first-order chi connectivity index (χ1) is 18.1. The van der Waals surface area contributed by atoms with E-state index in [1.165, 1.54) is 0 Å². The van der Waals surface area contributed by atoms with E-state index >= 15 is 0 Å². The van der Waals surface area contributed by atoms with E-state index in [0.29, 0.717) is 33.2 Å². The molecule has 1 heterocycles. The molecule has 6 nitrogen and oxygen atoms in total. The van der Waals surface area contributed by atoms with Crippen molar-refractivity contribution < 1.29 is 28.5 Å². The molecular weight excluding hydrogens is 525 g/mol. The summed E-state index contributed by atoms with van der Waals surface area (Å²) in [7, 11) is -4.60. The summed E-state index contributed by atoms with van der Waals surface area (Å²) >= 11 is 0. The number of hydrogen-bond acceptors (Lipinski definition) is 6. The molecule has 0 amide bonds. The zero-order valence-electron chi connectivity index (χ0n) is 26.7. The molecular formula is C31H58O6Si2. The van der Waals surface area contributed by atoms with Crippen molar-refractivity contribution in [3.05, 3.63) is 35.9 Å². The SMILES string of the molecule is CC(C)[Si](OC[C@@H]1OC(O)[C@H](OCc2ccccc2)[C@H](O)[C@H]1O[Si](C(C)C)(C(C)C)C(C)C)(C(C)C)C(C)C. The largest absolute Gasteiger partial charge is 0.413 e. The van der Waals surface area contributed by atoms with Crippen molar-refractivity contribution in [2.24, 2.45) is 0 Å². The van der Waals surface area contributed by atoms with Crippen LogP contribution in [0.4, 0.5) is 0 Å². The van der Waals surface area contributed by atoms with Crippen LogP contribution in [0.15, 0.2) is 30.3 Å². The van der Waals surface area contributed by atoms with E-state index in [1.54, 1.807) is 0 Å². The standard InChI is InChI=1S/C31H58O6Si2/c1-20(2)38(21(3)4,22(5)6)35-19-27-29(37-39(23(7)8,24(9)10)25(11)12)28(32)30(31(33)36-27)34-18-26-16-14-13-15-17-26/h13-17,20-25,27-33H,18-19H2,1-12H3/t27-,28+,29-,30+,31?/m0/s1. The Morgan fingerprint density at radius 2 is 1.15 bits per heavy atom. The quantitative estimate of drug-likeness (QED) is 0.223. The molecule has 0 aliphatic carbocycles. The fourth-order valence-corrected chi connectivity index (χ4v) is 18.5. The van der Waals surface area contributed by atoms with Gasteiger partial charge in [0.05, 0.1) is 13.2 Å². The van der Waals surface area contributed by atoms with Crippen LogP contribution >= 0.6 is 0 Å². The molecule has 8 heteroatoms. The van der Waals surface area contributed by atoms with Crippen LogP contribution in [0.3, 0.4) is 0 Å². The Kier molecular flexibility index (Phi) is 12.9. The van der Waals surface area contributed by atoms with Gasteiger partial charge >= 0.3 is 0 Å². The summed E-state index contributed by atoms with van der Waals surface area (Å²) in [5.74, 6) is 0. The van der Waals surface area contributed by atoms with Gasteiger partial charge in [0.1, 0.15) is 24.4 Å². The smallest absolute Gasteiger partial charge is 0.201 e. The van der Waals surface area contributed by atoms with Crippen LogP contribution in [0.25, 0.3) is 0 Å². The highest BCUT2D eigenvalue weighted by Crippen LogP contribution is 2.46. The number of rotatable bonds is 14. The zero-order chi connectivity index (χ0) is 29.7. The Morgan fingerprint density at radius 3 is 1.59 bits per heavy atom. The van der Waals surface area contributed by atoms with Gasteiger partial charge < -0.3 is 28.5 Å². The van der Waals surface area contributed by atoms with Gasteiger partial charge in [-0.05, 0) is 38.8 Å². The molecule has 2 rings (SSSR count). The number of aliphatic hydroxyl groups excluding tert-OH is 2. The molecule has 0 radical (unpaired) electrons. The average molecular weight is 583 g/mol. The maximum absolute atomic E-state index is 11.8. The zero-order valence-corrected chi connectivity index (χ0v) is 28.7. The predicted molar refractivity (Wildman–Crippen MR) is 165 cm³/mol. The average Bonchev–Trinajstić information content (AvgIpc) is 2.83. The summed E-state index contributed by atoms with van der Waals surface area (Å²) in [6, 6.07) is 9.79. The maximum atomic E-state index is 11.8. The monoisotopic (exact) mass is 582 g/mol. The molecule has 1 saturated heterocycles. The molecule has 0 bridgehead atoms. The third-order valence-electron chi connectivity index (χ3n) is 9.17. The minimum Gasteiger partial charge on any atom is -0.413 e. The van der Waals surface area contributed by atoms with Crippen LogP contribution in [0.2, 0.25) is 33.2 Å². The lowest BCUT2D eigenvalue weighted by Gasteiger charge is -2.51. The van der Waals surface area contributed by atoms with E-state index in [9.17, 15) is 10.2 Å². The molecule has 1 aliphatic rings. The molecule has 226 valence electrons. The summed E-state index contributed by atoms with van der Waals surface area (Å²) in [5.41, 5.74) is 3.19. The fourth-order valence-electron chi connectivity index (χ4n) is 7.51. The van der Waals surface area contributed by atoms with E-state index in [-0.39, 0.29) is 13.2 Å². The first-order valence-corrected chi connectivity index (χ1v) is 19.4. The van der Waals surface area contributed by atoms with Crippen LogP contribution < -0.4 is 0 Å². The number of aliphatic hydroxyl groups is 2. The van der Waals surface area contributed by atoms with Gasteiger partial charge in [0.2, 0.25) is 8.32 Å². The molecule has 1 unspecified atom stereocenters. The minimum absolute atomic E-state index is 0.266. The van der Waals surface area contributed by atoms with Gasteiger partial charge in [0.25, 0.3) is 0 Å². The Hall–Kier alpha value is -0.586. The van der Waals surface area contributed by atoms with Crippen LogP contribution in [0, 0.1) is 0 Å². The highest BCUT2D eigenvalue weighted by molar-refractivity contribution is 6.78. The molecule has 0 saturated carbocycles. The normalized spacial score (nSPS) is 25.2. The number of ether oxygens (including phenoxy) is 2. The number of benzene rings is 1. The van der Waals surface area contributed by atoms with Crippen LogP contribution in [-0.4, -0.2) is 64.2 Å². The molecule has 0 spiro atoms. The first-order valence-electron chi connectivity index (χ1n) is 15.1. The predicted octanol–water partition coefficient (Wildman–Crippen LogP) is 7.40. The summed E-state index contributed by atoms with van der Waals surface area (Å²) in [6.45, 7) is 27.5. The van der Waals surface area contributed by atoms with Crippen LogP contribution in [0.1, 0.15) is 88.6 Å². The minimum atomic E-state index is -2.40. The molecule has 1 aromatic carbocycles. The lowest BCUT2D eigenvalue weighted by Crippen LogP contribution is -2.65. The van der Waals surface area contributed by atoms with Crippen molar-refractivity contribution in [3.8, 4) is 0 Å². The third kappa shape index (κ3) is 7.44. The molecule has 5 atom stereocenters. The van der Waals surface area contributed by atoms with Crippen molar-refractivity contribution in [1.29, 1.82) is 0 Å². The lowest BCUT2D eigenvalue weighted by atomic mass is 9.99. The summed E-state index contributed by atoms with van der Waals surface area (Å²) in [4.78, 5) is 0. The Morgan fingerprint density at radius 1 is 0.692 bits per heavy atom. The fraction of sp³-hybridized carbons (Fsp3) is 0.806. The first kappa shape index (κ1) is 34.6. The summed E-state index contributed by atoms with van der Waals surface area (Å²) in [6.07, 6.45) is -4.52. The highest BCUT2D eigenvalue weighted by atomic mass is 28.4. The van der Waals surface area contributed by atoms with Crippen LogP contribution in [0.5, 0.6) is 0 Å². The van der Waals surface area contributed by atoms with Crippen molar-refractivity contribution in [2.45, 2.75) is 154 Å². The summed E-state index contributed by atoms with van der Waals surface area (Å²) < 4.78 is 26.5. The van der Waals surface area contributed by atoms with E-state index < -0.39 is 47.3 Å². The van der Waals surface area contributed by atoms with Crippen molar-refractivity contribution in [1.82, 2.24) is 0 Å². The summed E-state index contributed by atoms with van der Waals surface area (Å²) in [5, 5.41) is 22.9. The molecule has 0 aromatic heterocycles. The Bertz CT molecular complexity index is 801.